The van der Waals surface area contributed by atoms with Crippen LogP contribution in [0.2, 0.25) is 30.7 Å². The van der Waals surface area contributed by atoms with Crippen molar-refractivity contribution in [3.8, 4) is 44.5 Å². The molecule has 2 fully saturated rings. The van der Waals surface area contributed by atoms with Crippen LogP contribution in [0.1, 0.15) is 127 Å². The van der Waals surface area contributed by atoms with Crippen LogP contribution in [0.25, 0.3) is 88.6 Å². The molecule has 488 valence electrons. The molecule has 0 atom stereocenters. The Morgan fingerprint density at radius 1 is 0.372 bits per heavy atom. The first-order valence-corrected chi connectivity index (χ1v) is 34.7. The molecule has 2 aliphatic rings. The van der Waals surface area contributed by atoms with E-state index in [1.165, 1.54) is 56.6 Å². The molecule has 14 rings (SSSR count). The van der Waals surface area contributed by atoms with Gasteiger partial charge in [-0.1, -0.05) is 186 Å². The minimum absolute atomic E-state index is 0.231. The zero-order valence-corrected chi connectivity index (χ0v) is 61.5. The molecule has 0 unspecified atom stereocenters. The molecule has 2 aliphatic carbocycles. The summed E-state index contributed by atoms with van der Waals surface area (Å²) >= 11 is 47.4. The number of halogens is 8. The molecule has 16 nitrogen and oxygen atoms in total. The number of hydrogen-bond donors (Lipinski definition) is 4. The molecule has 12 aromatic rings. The van der Waals surface area contributed by atoms with Crippen molar-refractivity contribution in [2.24, 2.45) is 0 Å². The standard InChI is InChI=1S/C18H18BrClN4.C18H18Cl2N4.C17H18BrClN4.C17H18Cl2N4/c2*1-10-6-7-13(19)12(8-10)14-15-17(21)22-9-23-18(15)24(16(14)20)11-4-2-3-5-11;2*1-9-5-6-11(18)10(7-9)12-13-15(20)21-8-22-16(13)23(14(12)19)17(2,3)4/h2*6-9,11H,2-5H2,1H3,(H2,21,22,23);2*5-8H,1-4H3,(H2,20,21,22). The van der Waals surface area contributed by atoms with Crippen molar-refractivity contribution in [2.45, 2.75) is 144 Å². The van der Waals surface area contributed by atoms with Crippen LogP contribution in [0.15, 0.2) is 107 Å². The van der Waals surface area contributed by atoms with E-state index in [-0.39, 0.29) is 11.1 Å². The maximum atomic E-state index is 6.88. The lowest BCUT2D eigenvalue weighted by Crippen LogP contribution is -2.22. The lowest BCUT2D eigenvalue weighted by Gasteiger charge is -2.23. The average molecular weight is 1510 g/mol. The van der Waals surface area contributed by atoms with Gasteiger partial charge in [-0.25, -0.2) is 39.9 Å². The van der Waals surface area contributed by atoms with Crippen molar-refractivity contribution < 1.29 is 0 Å². The van der Waals surface area contributed by atoms with Gasteiger partial charge >= 0.3 is 0 Å². The summed E-state index contributed by atoms with van der Waals surface area (Å²) in [6.45, 7) is 20.6. The number of nitrogens with zero attached hydrogens (tertiary/aromatic N) is 12. The highest BCUT2D eigenvalue weighted by molar-refractivity contribution is 9.11. The Bertz CT molecular complexity index is 4590. The van der Waals surface area contributed by atoms with E-state index in [4.69, 9.17) is 92.5 Å². The highest BCUT2D eigenvalue weighted by atomic mass is 79.9. The fourth-order valence-corrected chi connectivity index (χ4v) is 16.2. The minimum atomic E-state index is -0.259. The fraction of sp³-hybridized carbons (Fsp3) is 0.314. The molecule has 0 bridgehead atoms. The molecule has 24 heteroatoms. The van der Waals surface area contributed by atoms with Crippen LogP contribution < -0.4 is 22.9 Å². The lowest BCUT2D eigenvalue weighted by molar-refractivity contribution is 0.409. The van der Waals surface area contributed by atoms with E-state index in [9.17, 15) is 0 Å². The molecule has 4 aromatic carbocycles. The molecular weight excluding hydrogens is 1440 g/mol. The number of benzene rings is 4. The Morgan fingerprint density at radius 2 is 0.638 bits per heavy atom. The maximum absolute atomic E-state index is 6.88. The summed E-state index contributed by atoms with van der Waals surface area (Å²) in [7, 11) is 0. The van der Waals surface area contributed by atoms with E-state index in [1.807, 2.05) is 84.5 Å². The summed E-state index contributed by atoms with van der Waals surface area (Å²) in [5, 5.41) is 6.97. The second-order valence-electron chi connectivity index (χ2n) is 26.1. The predicted molar refractivity (Wildman–Crippen MR) is 399 cm³/mol. The number of aromatic nitrogens is 12. The molecule has 2 saturated carbocycles. The van der Waals surface area contributed by atoms with Gasteiger partial charge in [0, 0.05) is 86.7 Å². The average Bonchev–Trinajstić information content (AvgIpc) is 1.62. The van der Waals surface area contributed by atoms with E-state index in [0.717, 1.165) is 134 Å². The van der Waals surface area contributed by atoms with E-state index in [0.29, 0.717) is 71.7 Å². The zero-order chi connectivity index (χ0) is 67.6. The number of nitrogens with two attached hydrogens (primary N) is 4. The number of nitrogen functional groups attached to an aromatic ring is 4. The summed E-state index contributed by atoms with van der Waals surface area (Å²) in [6.07, 6.45) is 15.3. The summed E-state index contributed by atoms with van der Waals surface area (Å²) < 4.78 is 10.2. The second-order valence-corrected chi connectivity index (χ2v) is 30.0. The molecule has 8 heterocycles. The molecule has 94 heavy (non-hydrogen) atoms. The lowest BCUT2D eigenvalue weighted by atomic mass is 10.0. The number of rotatable bonds is 6. The van der Waals surface area contributed by atoms with E-state index >= 15 is 0 Å². The van der Waals surface area contributed by atoms with E-state index in [1.54, 1.807) is 0 Å². The summed E-state index contributed by atoms with van der Waals surface area (Å²) in [4.78, 5) is 34.5. The summed E-state index contributed by atoms with van der Waals surface area (Å²) in [5.74, 6) is 1.74. The van der Waals surface area contributed by atoms with Crippen LogP contribution in [-0.2, 0) is 11.1 Å². The van der Waals surface area contributed by atoms with Gasteiger partial charge in [-0.05, 0) is 131 Å². The van der Waals surface area contributed by atoms with Gasteiger partial charge in [-0.2, -0.15) is 0 Å². The Hall–Kier alpha value is -6.74. The second kappa shape index (κ2) is 27.4. The first kappa shape index (κ1) is 68.6. The number of fused-ring (bicyclic) bond motifs is 4. The first-order valence-electron chi connectivity index (χ1n) is 30.9. The molecule has 0 aliphatic heterocycles. The normalized spacial score (nSPS) is 13.8. The van der Waals surface area contributed by atoms with Gasteiger partial charge in [0.05, 0.1) is 21.5 Å². The number of hydrogen-bond acceptors (Lipinski definition) is 12. The van der Waals surface area contributed by atoms with Crippen molar-refractivity contribution in [2.75, 3.05) is 22.9 Å². The van der Waals surface area contributed by atoms with Crippen molar-refractivity contribution >= 4 is 169 Å². The van der Waals surface area contributed by atoms with Crippen molar-refractivity contribution in [3.63, 3.8) is 0 Å². The predicted octanol–water partition coefficient (Wildman–Crippen LogP) is 21.1. The van der Waals surface area contributed by atoms with Gasteiger partial charge < -0.3 is 41.2 Å². The molecule has 8 N–H and O–H groups in total. The summed E-state index contributed by atoms with van der Waals surface area (Å²) in [5.41, 5.74) is 39.0. The highest BCUT2D eigenvalue weighted by Crippen LogP contribution is 2.50. The van der Waals surface area contributed by atoms with Crippen LogP contribution in [0, 0.1) is 27.7 Å². The third-order valence-electron chi connectivity index (χ3n) is 17.2. The first-order chi connectivity index (χ1) is 44.6. The molecule has 0 radical (unpaired) electrons. The Balaban J connectivity index is 0.000000128. The fourth-order valence-electron chi connectivity index (χ4n) is 13.0. The van der Waals surface area contributed by atoms with Gasteiger partial charge in [0.25, 0.3) is 0 Å². The van der Waals surface area contributed by atoms with Crippen molar-refractivity contribution in [1.82, 2.24) is 58.1 Å². The topological polar surface area (TPSA) is 227 Å². The van der Waals surface area contributed by atoms with Gasteiger partial charge in [0.1, 0.15) is 91.8 Å². The Morgan fingerprint density at radius 3 is 0.968 bits per heavy atom. The Kier molecular flexibility index (Phi) is 20.0. The largest absolute Gasteiger partial charge is 0.383 e. The van der Waals surface area contributed by atoms with Crippen LogP contribution in [0.4, 0.5) is 23.3 Å². The van der Waals surface area contributed by atoms with Crippen molar-refractivity contribution in [3.05, 3.63) is 160 Å². The highest BCUT2D eigenvalue weighted by Gasteiger charge is 2.33. The van der Waals surface area contributed by atoms with Gasteiger partial charge in [-0.15, -0.1) is 0 Å². The monoisotopic (exact) mass is 1500 g/mol. The molecule has 0 amide bonds. The van der Waals surface area contributed by atoms with E-state index in [2.05, 4.69) is 148 Å². The van der Waals surface area contributed by atoms with Gasteiger partial charge in [0.2, 0.25) is 0 Å². The van der Waals surface area contributed by atoms with Crippen LogP contribution in [0.3, 0.4) is 0 Å². The minimum Gasteiger partial charge on any atom is -0.383 e. The third kappa shape index (κ3) is 13.1. The van der Waals surface area contributed by atoms with Crippen LogP contribution in [0.5, 0.6) is 0 Å². The number of anilines is 4. The number of aryl methyl sites for hydroxylation is 4. The Labute approximate surface area is 593 Å². The molecular formula is C70H72Br2Cl6N16. The quantitative estimate of drug-likeness (QED) is 0.122. The molecule has 8 aromatic heterocycles. The molecule has 0 spiro atoms. The van der Waals surface area contributed by atoms with Gasteiger partial charge in [0.15, 0.2) is 0 Å². The van der Waals surface area contributed by atoms with Crippen LogP contribution >= 0.6 is 101 Å². The SMILES string of the molecule is Cc1ccc(Br)c(-c2c(Cl)n(C(C)(C)C)c3ncnc(N)c23)c1.Cc1ccc(Br)c(-c2c(Cl)n(C3CCCC3)c3ncnc(N)c23)c1.Cc1ccc(Cl)c(-c2c(Cl)n(C(C)(C)C)c3ncnc(N)c23)c1.Cc1ccc(Cl)c(-c2c(Cl)n(C3CCCC3)c3ncnc(N)c23)c1. The zero-order valence-electron chi connectivity index (χ0n) is 53.7. The maximum Gasteiger partial charge on any atom is 0.147 e. The smallest absolute Gasteiger partial charge is 0.147 e. The van der Waals surface area contributed by atoms with Crippen molar-refractivity contribution in [1.29, 1.82) is 0 Å². The summed E-state index contributed by atoms with van der Waals surface area (Å²) in [6, 6.07) is 24.8. The van der Waals surface area contributed by atoms with Gasteiger partial charge in [-0.3, -0.25) is 0 Å². The van der Waals surface area contributed by atoms with Crippen LogP contribution in [-0.4, -0.2) is 58.1 Å². The molecule has 0 saturated heterocycles. The van der Waals surface area contributed by atoms with E-state index < -0.39 is 0 Å². The third-order valence-corrected chi connectivity index (χ3v) is 20.7.